The van der Waals surface area contributed by atoms with Crippen molar-refractivity contribution in [2.45, 2.75) is 64.5 Å². The maximum atomic E-state index is 13.1. The molecule has 2 fully saturated rings. The SMILES string of the molecule is CCCN(C1=CC(NC)N(C(C)=O)C=C1)c1ncc(C(=O)N2CCCCC2)cc1C1CC1. The lowest BCUT2D eigenvalue weighted by atomic mass is 10.1. The summed E-state index contributed by atoms with van der Waals surface area (Å²) in [5, 5.41) is 3.20. The molecule has 3 heterocycles. The molecule has 1 saturated heterocycles. The molecular formula is C25H35N5O2. The number of amides is 2. The Balaban J connectivity index is 1.66. The number of hydrogen-bond acceptors (Lipinski definition) is 5. The Hall–Kier alpha value is -2.67. The van der Waals surface area contributed by atoms with E-state index in [1.165, 1.54) is 12.0 Å². The van der Waals surface area contributed by atoms with Crippen LogP contribution in [0.3, 0.4) is 0 Å². The summed E-state index contributed by atoms with van der Waals surface area (Å²) in [5.74, 6) is 1.51. The molecule has 1 aliphatic carbocycles. The van der Waals surface area contributed by atoms with E-state index in [0.717, 1.165) is 63.3 Å². The lowest BCUT2D eigenvalue weighted by Crippen LogP contribution is -2.44. The number of carbonyl (C=O) groups excluding carboxylic acids is 2. The Morgan fingerprint density at radius 1 is 1.22 bits per heavy atom. The average molecular weight is 438 g/mol. The largest absolute Gasteiger partial charge is 0.339 e. The van der Waals surface area contributed by atoms with Crippen molar-refractivity contribution in [3.05, 3.63) is 47.4 Å². The summed E-state index contributed by atoms with van der Waals surface area (Å²) in [6.45, 7) is 6.23. The Morgan fingerprint density at radius 3 is 2.59 bits per heavy atom. The van der Waals surface area contributed by atoms with Crippen molar-refractivity contribution in [1.29, 1.82) is 0 Å². The number of carbonyl (C=O) groups is 2. The third-order valence-corrected chi connectivity index (χ3v) is 6.51. The third-order valence-electron chi connectivity index (χ3n) is 6.51. The number of allylic oxidation sites excluding steroid dienone is 1. The second-order valence-electron chi connectivity index (χ2n) is 8.98. The van der Waals surface area contributed by atoms with E-state index in [1.807, 2.05) is 24.2 Å². The molecule has 4 rings (SSSR count). The number of hydrogen-bond donors (Lipinski definition) is 1. The number of piperidine rings is 1. The van der Waals surface area contributed by atoms with Crippen LogP contribution in [0.15, 0.2) is 36.3 Å². The fourth-order valence-corrected chi connectivity index (χ4v) is 4.62. The first kappa shape index (κ1) is 22.5. The number of likely N-dealkylation sites (tertiary alicyclic amines) is 1. The minimum atomic E-state index is -0.198. The molecule has 7 nitrogen and oxygen atoms in total. The van der Waals surface area contributed by atoms with Crippen LogP contribution in [0.1, 0.15) is 74.2 Å². The number of likely N-dealkylation sites (N-methyl/N-ethyl adjacent to an activating group) is 1. The zero-order valence-electron chi connectivity index (χ0n) is 19.5. The number of nitrogens with zero attached hydrogens (tertiary/aromatic N) is 4. The minimum absolute atomic E-state index is 0.00434. The van der Waals surface area contributed by atoms with Crippen LogP contribution in [0.5, 0.6) is 0 Å². The molecule has 0 bridgehead atoms. The Morgan fingerprint density at radius 2 is 1.97 bits per heavy atom. The third kappa shape index (κ3) is 4.72. The van der Waals surface area contributed by atoms with Crippen molar-refractivity contribution < 1.29 is 9.59 Å². The number of aromatic nitrogens is 1. The molecule has 0 spiro atoms. The molecule has 1 atom stereocenters. The quantitative estimate of drug-likeness (QED) is 0.706. The van der Waals surface area contributed by atoms with Gasteiger partial charge in [0.2, 0.25) is 5.91 Å². The zero-order valence-corrected chi connectivity index (χ0v) is 19.5. The van der Waals surface area contributed by atoms with Gasteiger partial charge in [-0.15, -0.1) is 0 Å². The molecule has 3 aliphatic rings. The topological polar surface area (TPSA) is 68.8 Å². The van der Waals surface area contributed by atoms with Crippen molar-refractivity contribution in [2.75, 3.05) is 31.6 Å². The van der Waals surface area contributed by atoms with Gasteiger partial charge in [0.05, 0.1) is 5.56 Å². The Kier molecular flexibility index (Phi) is 6.94. The van der Waals surface area contributed by atoms with Gasteiger partial charge in [-0.25, -0.2) is 4.98 Å². The molecule has 1 saturated carbocycles. The molecular weight excluding hydrogens is 402 g/mol. The average Bonchev–Trinajstić information content (AvgIpc) is 3.67. The van der Waals surface area contributed by atoms with E-state index < -0.39 is 0 Å². The van der Waals surface area contributed by atoms with Crippen LogP contribution in [-0.4, -0.2) is 59.4 Å². The molecule has 1 aromatic heterocycles. The van der Waals surface area contributed by atoms with Crippen molar-refractivity contribution in [3.8, 4) is 0 Å². The summed E-state index contributed by atoms with van der Waals surface area (Å²) in [4.78, 5) is 35.8. The second kappa shape index (κ2) is 9.86. The standard InChI is InChI=1S/C25H35N5O2/c1-4-11-30(21-10-14-29(18(2)31)23(16-21)26-3)24-22(19-8-9-19)15-20(17-27-24)25(32)28-12-6-5-7-13-28/h10,14-17,19,23,26H,4-9,11-13H2,1-3H3. The lowest BCUT2D eigenvalue weighted by molar-refractivity contribution is -0.127. The first-order chi connectivity index (χ1) is 15.5. The van der Waals surface area contributed by atoms with Crippen molar-refractivity contribution in [1.82, 2.24) is 20.1 Å². The van der Waals surface area contributed by atoms with Crippen molar-refractivity contribution in [2.24, 2.45) is 0 Å². The van der Waals surface area contributed by atoms with E-state index in [1.54, 1.807) is 18.0 Å². The van der Waals surface area contributed by atoms with Crippen LogP contribution in [0.25, 0.3) is 0 Å². The summed E-state index contributed by atoms with van der Waals surface area (Å²) >= 11 is 0. The maximum absolute atomic E-state index is 13.1. The van der Waals surface area contributed by atoms with Crippen LogP contribution in [0.2, 0.25) is 0 Å². The molecule has 172 valence electrons. The molecule has 2 amide bonds. The van der Waals surface area contributed by atoms with Crippen LogP contribution >= 0.6 is 0 Å². The lowest BCUT2D eigenvalue weighted by Gasteiger charge is -2.34. The van der Waals surface area contributed by atoms with Crippen LogP contribution in [-0.2, 0) is 4.79 Å². The van der Waals surface area contributed by atoms with Gasteiger partial charge in [0.25, 0.3) is 5.91 Å². The predicted octanol–water partition coefficient (Wildman–Crippen LogP) is 3.61. The van der Waals surface area contributed by atoms with E-state index >= 15 is 0 Å². The molecule has 0 aromatic carbocycles. The van der Waals surface area contributed by atoms with E-state index in [4.69, 9.17) is 4.98 Å². The van der Waals surface area contributed by atoms with Crippen LogP contribution in [0.4, 0.5) is 5.82 Å². The van der Waals surface area contributed by atoms with Gasteiger partial charge in [-0.05, 0) is 75.3 Å². The van der Waals surface area contributed by atoms with E-state index in [2.05, 4.69) is 29.3 Å². The molecule has 1 unspecified atom stereocenters. The van der Waals surface area contributed by atoms with Gasteiger partial charge < -0.3 is 9.80 Å². The molecule has 7 heteroatoms. The molecule has 1 N–H and O–H groups in total. The Bertz CT molecular complexity index is 915. The number of rotatable bonds is 7. The summed E-state index contributed by atoms with van der Waals surface area (Å²) < 4.78 is 0. The van der Waals surface area contributed by atoms with Crippen LogP contribution < -0.4 is 10.2 Å². The fraction of sp³-hybridized carbons (Fsp3) is 0.560. The highest BCUT2D eigenvalue weighted by molar-refractivity contribution is 5.94. The first-order valence-corrected chi connectivity index (χ1v) is 12.0. The number of nitrogens with one attached hydrogen (secondary N) is 1. The monoisotopic (exact) mass is 437 g/mol. The maximum Gasteiger partial charge on any atom is 0.255 e. The van der Waals surface area contributed by atoms with E-state index in [9.17, 15) is 9.59 Å². The van der Waals surface area contributed by atoms with Gasteiger partial charge in [0.1, 0.15) is 12.0 Å². The molecule has 0 radical (unpaired) electrons. The van der Waals surface area contributed by atoms with E-state index in [0.29, 0.717) is 11.5 Å². The van der Waals surface area contributed by atoms with Gasteiger partial charge in [-0.1, -0.05) is 6.92 Å². The van der Waals surface area contributed by atoms with E-state index in [-0.39, 0.29) is 18.0 Å². The van der Waals surface area contributed by atoms with Gasteiger partial charge in [-0.3, -0.25) is 19.8 Å². The second-order valence-corrected chi connectivity index (χ2v) is 8.98. The smallest absolute Gasteiger partial charge is 0.255 e. The molecule has 2 aliphatic heterocycles. The summed E-state index contributed by atoms with van der Waals surface area (Å²) in [7, 11) is 1.85. The summed E-state index contributed by atoms with van der Waals surface area (Å²) in [6.07, 6.45) is 14.1. The van der Waals surface area contributed by atoms with Crippen molar-refractivity contribution in [3.63, 3.8) is 0 Å². The highest BCUT2D eigenvalue weighted by Gasteiger charge is 2.32. The van der Waals surface area contributed by atoms with Gasteiger partial charge >= 0.3 is 0 Å². The first-order valence-electron chi connectivity index (χ1n) is 12.0. The predicted molar refractivity (Wildman–Crippen MR) is 126 cm³/mol. The molecule has 32 heavy (non-hydrogen) atoms. The number of pyridine rings is 1. The Labute approximate surface area is 191 Å². The zero-order chi connectivity index (χ0) is 22.7. The number of anilines is 1. The minimum Gasteiger partial charge on any atom is -0.339 e. The van der Waals surface area contributed by atoms with Gasteiger partial charge in [0.15, 0.2) is 0 Å². The van der Waals surface area contributed by atoms with Crippen molar-refractivity contribution >= 4 is 17.6 Å². The van der Waals surface area contributed by atoms with Gasteiger partial charge in [0, 0.05) is 44.7 Å². The fourth-order valence-electron chi connectivity index (χ4n) is 4.62. The normalized spacial score (nSPS) is 20.8. The summed E-state index contributed by atoms with van der Waals surface area (Å²) in [6, 6.07) is 2.09. The summed E-state index contributed by atoms with van der Waals surface area (Å²) in [5.41, 5.74) is 2.90. The highest BCUT2D eigenvalue weighted by atomic mass is 16.2. The molecule has 1 aromatic rings. The van der Waals surface area contributed by atoms with Gasteiger partial charge in [-0.2, -0.15) is 0 Å². The van der Waals surface area contributed by atoms with Crippen LogP contribution in [0, 0.1) is 0 Å². The highest BCUT2D eigenvalue weighted by Crippen LogP contribution is 2.45.